The third kappa shape index (κ3) is 8.58. The first-order chi connectivity index (χ1) is 18.8. The smallest absolute Gasteiger partial charge is 0.307 e. The third-order valence-electron chi connectivity index (χ3n) is 6.59. The van der Waals surface area contributed by atoms with Crippen LogP contribution in [0.1, 0.15) is 60.1 Å². The van der Waals surface area contributed by atoms with Gasteiger partial charge in [0.25, 0.3) is 0 Å². The molecule has 4 nitrogen and oxygen atoms in total. The Kier molecular flexibility index (Phi) is 10.9. The van der Waals surface area contributed by atoms with E-state index in [1.54, 1.807) is 6.92 Å². The molecule has 1 atom stereocenters. The van der Waals surface area contributed by atoms with Gasteiger partial charge in [0, 0.05) is 18.6 Å². The number of aliphatic carboxylic acids is 1. The summed E-state index contributed by atoms with van der Waals surface area (Å²) in [6.45, 7) is 8.43. The van der Waals surface area contributed by atoms with Crippen LogP contribution >= 0.6 is 0 Å². The molecule has 4 heteroatoms. The minimum absolute atomic E-state index is 0.425. The van der Waals surface area contributed by atoms with Gasteiger partial charge in [-0.3, -0.25) is 9.80 Å². The zero-order valence-electron chi connectivity index (χ0n) is 23.4. The zero-order chi connectivity index (χ0) is 28.2. The molecule has 1 aliphatic heterocycles. The number of carboxylic acid groups (broad SMARTS) is 1. The van der Waals surface area contributed by atoms with Gasteiger partial charge in [0.05, 0.1) is 18.2 Å². The number of hydrazone groups is 1. The Morgan fingerprint density at radius 2 is 1.74 bits per heavy atom. The molecule has 1 unspecified atom stereocenters. The standard InChI is InChI=1S/C32H34N2O2.C3H4/c1-4-8-27-16-13-26(19-24(27)3)20-29(32(35)36)21-30-17-18-31(28-14-11-23(2)12-15-28)34(33-30)22-25-9-6-5-7-10-25;1-3-2/h4-16,18-19,29H,17,20-22H2,1-3H3,(H,35,36);1H,2H3/b8-4-;. The summed E-state index contributed by atoms with van der Waals surface area (Å²) in [5.74, 6) is 0.944. The number of benzene rings is 3. The van der Waals surface area contributed by atoms with Gasteiger partial charge in [-0.15, -0.1) is 12.3 Å². The summed E-state index contributed by atoms with van der Waals surface area (Å²) in [5.41, 5.74) is 8.81. The van der Waals surface area contributed by atoms with E-state index in [1.807, 2.05) is 42.3 Å². The summed E-state index contributed by atoms with van der Waals surface area (Å²) in [6.07, 6.45) is 12.4. The summed E-state index contributed by atoms with van der Waals surface area (Å²) >= 11 is 0. The van der Waals surface area contributed by atoms with E-state index >= 15 is 0 Å². The highest BCUT2D eigenvalue weighted by atomic mass is 16.4. The van der Waals surface area contributed by atoms with Crippen LogP contribution in [0.5, 0.6) is 0 Å². The average molecular weight is 519 g/mol. The minimum atomic E-state index is -0.782. The van der Waals surface area contributed by atoms with Crippen molar-refractivity contribution < 1.29 is 9.90 Å². The Bertz CT molecular complexity index is 1380. The van der Waals surface area contributed by atoms with Gasteiger partial charge in [-0.25, -0.2) is 0 Å². The SMILES string of the molecule is C#CC.C/C=C\c1ccc(CC(CC2=NN(Cc3ccccc3)C(c3ccc(C)cc3)=CC2)C(=O)O)cc1C. The fourth-order valence-electron chi connectivity index (χ4n) is 4.62. The lowest BCUT2D eigenvalue weighted by Crippen LogP contribution is -2.26. The first-order valence-electron chi connectivity index (χ1n) is 13.3. The maximum atomic E-state index is 12.2. The van der Waals surface area contributed by atoms with E-state index in [-0.39, 0.29) is 0 Å². The van der Waals surface area contributed by atoms with Crippen LogP contribution in [0.2, 0.25) is 0 Å². The predicted molar refractivity (Wildman–Crippen MR) is 163 cm³/mol. The monoisotopic (exact) mass is 518 g/mol. The molecule has 3 aromatic carbocycles. The van der Waals surface area contributed by atoms with Crippen molar-refractivity contribution >= 4 is 23.5 Å². The molecule has 1 heterocycles. The molecule has 0 saturated heterocycles. The normalized spacial score (nSPS) is 13.6. The lowest BCUT2D eigenvalue weighted by Gasteiger charge is -2.28. The second-order valence-corrected chi connectivity index (χ2v) is 9.79. The first kappa shape index (κ1) is 29.2. The Morgan fingerprint density at radius 1 is 1.05 bits per heavy atom. The van der Waals surface area contributed by atoms with E-state index < -0.39 is 11.9 Å². The molecule has 1 N–H and O–H groups in total. The second kappa shape index (κ2) is 14.5. The summed E-state index contributed by atoms with van der Waals surface area (Å²) in [6, 6.07) is 24.9. The van der Waals surface area contributed by atoms with Crippen LogP contribution < -0.4 is 0 Å². The summed E-state index contributed by atoms with van der Waals surface area (Å²) < 4.78 is 0. The molecule has 0 spiro atoms. The molecular weight excluding hydrogens is 480 g/mol. The number of rotatable bonds is 9. The lowest BCUT2D eigenvalue weighted by molar-refractivity contribution is -0.141. The van der Waals surface area contributed by atoms with Crippen molar-refractivity contribution in [3.8, 4) is 12.3 Å². The fraction of sp³-hybridized carbons (Fsp3) is 0.257. The molecule has 200 valence electrons. The number of allylic oxidation sites excluding steroid dienone is 2. The average Bonchev–Trinajstić information content (AvgIpc) is 2.92. The van der Waals surface area contributed by atoms with Gasteiger partial charge in [0.15, 0.2) is 0 Å². The van der Waals surface area contributed by atoms with E-state index in [0.717, 1.165) is 39.2 Å². The maximum Gasteiger partial charge on any atom is 0.307 e. The Hall–Kier alpha value is -4.36. The molecule has 0 fully saturated rings. The van der Waals surface area contributed by atoms with E-state index in [9.17, 15) is 9.90 Å². The van der Waals surface area contributed by atoms with Crippen LogP contribution in [0.4, 0.5) is 0 Å². The topological polar surface area (TPSA) is 52.9 Å². The molecule has 1 aliphatic rings. The van der Waals surface area contributed by atoms with Crippen molar-refractivity contribution in [1.29, 1.82) is 0 Å². The maximum absolute atomic E-state index is 12.2. The highest BCUT2D eigenvalue weighted by molar-refractivity contribution is 5.92. The molecule has 0 radical (unpaired) electrons. The predicted octanol–water partition coefficient (Wildman–Crippen LogP) is 7.91. The molecule has 0 aromatic heterocycles. The van der Waals surface area contributed by atoms with Crippen molar-refractivity contribution in [2.24, 2.45) is 11.0 Å². The molecule has 0 bridgehead atoms. The van der Waals surface area contributed by atoms with Gasteiger partial charge in [0.1, 0.15) is 0 Å². The van der Waals surface area contributed by atoms with Crippen LogP contribution in [-0.4, -0.2) is 21.8 Å². The molecule has 3 aromatic rings. The van der Waals surface area contributed by atoms with Crippen molar-refractivity contribution in [2.75, 3.05) is 0 Å². The molecule has 0 aliphatic carbocycles. The van der Waals surface area contributed by atoms with Crippen LogP contribution in [0.25, 0.3) is 11.8 Å². The molecule has 4 rings (SSSR count). The van der Waals surface area contributed by atoms with E-state index in [4.69, 9.17) is 5.10 Å². The first-order valence-corrected chi connectivity index (χ1v) is 13.3. The molecule has 0 amide bonds. The Morgan fingerprint density at radius 3 is 2.36 bits per heavy atom. The second-order valence-electron chi connectivity index (χ2n) is 9.79. The van der Waals surface area contributed by atoms with E-state index in [2.05, 4.69) is 86.9 Å². The largest absolute Gasteiger partial charge is 0.481 e. The van der Waals surface area contributed by atoms with Gasteiger partial charge in [-0.05, 0) is 61.9 Å². The zero-order valence-corrected chi connectivity index (χ0v) is 23.4. The van der Waals surface area contributed by atoms with Crippen molar-refractivity contribution in [1.82, 2.24) is 5.01 Å². The number of nitrogens with zero attached hydrogens (tertiary/aromatic N) is 2. The van der Waals surface area contributed by atoms with Crippen molar-refractivity contribution in [3.63, 3.8) is 0 Å². The van der Waals surface area contributed by atoms with Crippen molar-refractivity contribution in [2.45, 2.75) is 53.5 Å². The van der Waals surface area contributed by atoms with Crippen LogP contribution in [0.3, 0.4) is 0 Å². The van der Waals surface area contributed by atoms with Gasteiger partial charge in [-0.1, -0.05) is 96.6 Å². The number of carbonyl (C=O) groups is 1. The molecule has 39 heavy (non-hydrogen) atoms. The minimum Gasteiger partial charge on any atom is -0.481 e. The summed E-state index contributed by atoms with van der Waals surface area (Å²) in [7, 11) is 0. The van der Waals surface area contributed by atoms with E-state index in [0.29, 0.717) is 25.8 Å². The number of carboxylic acids is 1. The Labute approximate surface area is 233 Å². The van der Waals surface area contributed by atoms with Gasteiger partial charge in [-0.2, -0.15) is 5.10 Å². The van der Waals surface area contributed by atoms with E-state index in [1.165, 1.54) is 5.56 Å². The highest BCUT2D eigenvalue weighted by Crippen LogP contribution is 2.29. The van der Waals surface area contributed by atoms with Crippen LogP contribution in [-0.2, 0) is 17.8 Å². The van der Waals surface area contributed by atoms with Crippen LogP contribution in [0.15, 0.2) is 90.0 Å². The van der Waals surface area contributed by atoms with Crippen LogP contribution in [0, 0.1) is 32.1 Å². The summed E-state index contributed by atoms with van der Waals surface area (Å²) in [5, 5.41) is 17.0. The summed E-state index contributed by atoms with van der Waals surface area (Å²) in [4.78, 5) is 12.2. The van der Waals surface area contributed by atoms with Crippen molar-refractivity contribution in [3.05, 3.63) is 118 Å². The lowest BCUT2D eigenvalue weighted by atomic mass is 9.91. The molecular formula is C35H38N2O2. The highest BCUT2D eigenvalue weighted by Gasteiger charge is 2.24. The fourth-order valence-corrected chi connectivity index (χ4v) is 4.62. The number of hydrogen-bond acceptors (Lipinski definition) is 3. The van der Waals surface area contributed by atoms with Gasteiger partial charge < -0.3 is 5.11 Å². The van der Waals surface area contributed by atoms with Gasteiger partial charge >= 0.3 is 5.97 Å². The van der Waals surface area contributed by atoms with Gasteiger partial charge in [0.2, 0.25) is 0 Å². The molecule has 0 saturated carbocycles. The Balaban J connectivity index is 0.00000134. The third-order valence-corrected chi connectivity index (χ3v) is 6.59. The number of hydrogen-bond donors (Lipinski definition) is 1. The quantitative estimate of drug-likeness (QED) is 0.293. The number of aryl methyl sites for hydroxylation is 2. The number of terminal acetylenes is 1.